The van der Waals surface area contributed by atoms with Gasteiger partial charge in [-0.1, -0.05) is 50.1 Å². The molecule has 5 nitrogen and oxygen atoms in total. The van der Waals surface area contributed by atoms with Gasteiger partial charge in [-0.3, -0.25) is 14.9 Å². The molecule has 0 fully saturated rings. The quantitative estimate of drug-likeness (QED) is 0.221. The van der Waals surface area contributed by atoms with Crippen LogP contribution in [-0.2, 0) is 19.6 Å². The zero-order valence-corrected chi connectivity index (χ0v) is 20.9. The first-order valence-electron chi connectivity index (χ1n) is 11.6. The fraction of sp³-hybridized carbons (Fsp3) is 0.167. The van der Waals surface area contributed by atoms with Crippen LogP contribution in [0.4, 0.5) is 8.78 Å². The lowest BCUT2D eigenvalue weighted by molar-refractivity contribution is 0.254. The Morgan fingerprint density at radius 3 is 2.41 bits per heavy atom. The van der Waals surface area contributed by atoms with Crippen molar-refractivity contribution in [1.82, 2.24) is 14.8 Å². The second-order valence-electron chi connectivity index (χ2n) is 8.44. The molecule has 0 atom stereocenters. The van der Waals surface area contributed by atoms with Crippen LogP contribution in [0.25, 0.3) is 12.2 Å². The number of nitrogens with zero attached hydrogens (tertiary/aromatic N) is 5. The van der Waals surface area contributed by atoms with Gasteiger partial charge in [-0.25, -0.2) is 8.78 Å². The molecule has 0 saturated carbocycles. The van der Waals surface area contributed by atoms with E-state index in [1.54, 1.807) is 37.7 Å². The highest BCUT2D eigenvalue weighted by atomic mass is 19.1. The van der Waals surface area contributed by atoms with Crippen molar-refractivity contribution in [3.63, 3.8) is 0 Å². The van der Waals surface area contributed by atoms with Crippen molar-refractivity contribution in [2.45, 2.75) is 19.6 Å². The summed E-state index contributed by atoms with van der Waals surface area (Å²) in [6.45, 7) is 13.4. The first-order valence-corrected chi connectivity index (χ1v) is 11.6. The summed E-state index contributed by atoms with van der Waals surface area (Å²) in [4.78, 5) is 12.7. The molecule has 2 aromatic carbocycles. The van der Waals surface area contributed by atoms with Crippen molar-refractivity contribution in [2.24, 2.45) is 4.99 Å². The molecular weight excluding hydrogens is 468 g/mol. The maximum atomic E-state index is 14.5. The van der Waals surface area contributed by atoms with Crippen LogP contribution in [0.2, 0.25) is 0 Å². The molecule has 0 bridgehead atoms. The number of halogens is 2. The molecule has 0 amide bonds. The molecule has 188 valence electrons. The summed E-state index contributed by atoms with van der Waals surface area (Å²) < 4.78 is 28.1. The number of pyridine rings is 1. The third-order valence-corrected chi connectivity index (χ3v) is 5.73. The largest absolute Gasteiger partial charge is 0.331 e. The zero-order chi connectivity index (χ0) is 26.8. The summed E-state index contributed by atoms with van der Waals surface area (Å²) in [6.07, 6.45) is 5.07. The van der Waals surface area contributed by atoms with Gasteiger partial charge in [0.15, 0.2) is 0 Å². The van der Waals surface area contributed by atoms with Crippen LogP contribution in [0.1, 0.15) is 33.6 Å². The Bertz CT molecular complexity index is 1340. The Morgan fingerprint density at radius 1 is 1.03 bits per heavy atom. The third kappa shape index (κ3) is 7.53. The minimum atomic E-state index is -0.623. The van der Waals surface area contributed by atoms with Gasteiger partial charge in [-0.05, 0) is 41.5 Å². The van der Waals surface area contributed by atoms with Gasteiger partial charge in [-0.15, -0.1) is 0 Å². The average molecular weight is 498 g/mol. The van der Waals surface area contributed by atoms with E-state index in [2.05, 4.69) is 35.8 Å². The second kappa shape index (κ2) is 13.1. The highest BCUT2D eigenvalue weighted by Crippen LogP contribution is 2.19. The molecule has 3 aromatic rings. The van der Waals surface area contributed by atoms with E-state index in [1.165, 1.54) is 12.1 Å². The normalized spacial score (nSPS) is 10.9. The minimum Gasteiger partial charge on any atom is -0.331 e. The number of benzene rings is 2. The monoisotopic (exact) mass is 497 g/mol. The predicted octanol–water partition coefficient (Wildman–Crippen LogP) is 6.19. The molecule has 0 unspecified atom stereocenters. The number of hydrogen-bond acceptors (Lipinski definition) is 4. The fourth-order valence-corrected chi connectivity index (χ4v) is 3.84. The van der Waals surface area contributed by atoms with E-state index >= 15 is 0 Å². The van der Waals surface area contributed by atoms with Gasteiger partial charge >= 0.3 is 0 Å². The molecule has 7 heteroatoms. The van der Waals surface area contributed by atoms with Crippen molar-refractivity contribution in [2.75, 3.05) is 13.6 Å². The predicted molar refractivity (Wildman–Crippen MR) is 145 cm³/mol. The van der Waals surface area contributed by atoms with Crippen molar-refractivity contribution in [3.8, 4) is 6.07 Å². The SMILES string of the molecule is C=Cc1ccc(CN(CC(=C)N(C=NC)Cc2ccc(C#N)cc2)Cc2ccc(F)cc2F)nc1C=C. The Balaban J connectivity index is 1.86. The van der Waals surface area contributed by atoms with Crippen LogP contribution in [0, 0.1) is 23.0 Å². The van der Waals surface area contributed by atoms with Gasteiger partial charge in [0, 0.05) is 50.6 Å². The summed E-state index contributed by atoms with van der Waals surface area (Å²) >= 11 is 0. The van der Waals surface area contributed by atoms with Crippen molar-refractivity contribution < 1.29 is 8.78 Å². The smallest absolute Gasteiger partial charge is 0.130 e. The Morgan fingerprint density at radius 2 is 1.78 bits per heavy atom. The molecule has 0 saturated heterocycles. The lowest BCUT2D eigenvalue weighted by Gasteiger charge is -2.29. The Hall–Kier alpha value is -4.41. The summed E-state index contributed by atoms with van der Waals surface area (Å²) in [5.41, 5.74) is 4.99. The van der Waals surface area contributed by atoms with Crippen molar-refractivity contribution in [3.05, 3.63) is 125 Å². The average Bonchev–Trinajstić information content (AvgIpc) is 2.90. The molecule has 1 aromatic heterocycles. The van der Waals surface area contributed by atoms with E-state index in [1.807, 2.05) is 34.1 Å². The lowest BCUT2D eigenvalue weighted by atomic mass is 10.1. The first kappa shape index (κ1) is 27.2. The number of aromatic nitrogens is 1. The van der Waals surface area contributed by atoms with Gasteiger partial charge in [0.25, 0.3) is 0 Å². The summed E-state index contributed by atoms with van der Waals surface area (Å²) in [7, 11) is 1.67. The minimum absolute atomic E-state index is 0.216. The number of hydrogen-bond donors (Lipinski definition) is 0. The molecule has 3 rings (SSSR count). The number of nitriles is 1. The molecule has 1 heterocycles. The van der Waals surface area contributed by atoms with Crippen LogP contribution in [0.15, 0.2) is 85.0 Å². The first-order chi connectivity index (χ1) is 17.9. The molecule has 0 radical (unpaired) electrons. The van der Waals surface area contributed by atoms with E-state index in [4.69, 9.17) is 5.26 Å². The maximum absolute atomic E-state index is 14.5. The summed E-state index contributed by atoms with van der Waals surface area (Å²) in [5, 5.41) is 9.06. The van der Waals surface area contributed by atoms with Crippen molar-refractivity contribution in [1.29, 1.82) is 5.26 Å². The number of aliphatic imine (C=N–C) groups is 1. The fourth-order valence-electron chi connectivity index (χ4n) is 3.84. The van der Waals surface area contributed by atoms with E-state index < -0.39 is 11.6 Å². The van der Waals surface area contributed by atoms with E-state index in [0.717, 1.165) is 28.6 Å². The summed E-state index contributed by atoms with van der Waals surface area (Å²) in [6, 6.07) is 16.8. The van der Waals surface area contributed by atoms with Crippen LogP contribution in [0.3, 0.4) is 0 Å². The van der Waals surface area contributed by atoms with Gasteiger partial charge in [-0.2, -0.15) is 5.26 Å². The Kier molecular flexibility index (Phi) is 9.59. The highest BCUT2D eigenvalue weighted by Gasteiger charge is 2.16. The zero-order valence-electron chi connectivity index (χ0n) is 20.9. The van der Waals surface area contributed by atoms with E-state index in [-0.39, 0.29) is 6.54 Å². The van der Waals surface area contributed by atoms with Crippen molar-refractivity contribution >= 4 is 18.5 Å². The standard InChI is InChI=1S/C30H29F2N5/c1-5-25-12-14-28(35-30(25)6-2)20-36(19-26-11-13-27(31)15-29(26)32)17-22(3)37(21-34-4)18-24-9-7-23(16-33)8-10-24/h5-15,21H,1-3,17-20H2,4H3. The highest BCUT2D eigenvalue weighted by molar-refractivity contribution is 5.60. The lowest BCUT2D eigenvalue weighted by Crippen LogP contribution is -2.32. The topological polar surface area (TPSA) is 55.5 Å². The number of rotatable bonds is 12. The molecule has 0 aliphatic heterocycles. The van der Waals surface area contributed by atoms with E-state index in [9.17, 15) is 8.78 Å². The maximum Gasteiger partial charge on any atom is 0.130 e. The van der Waals surface area contributed by atoms with Gasteiger partial charge in [0.1, 0.15) is 11.6 Å². The van der Waals surface area contributed by atoms with E-state index in [0.29, 0.717) is 36.5 Å². The van der Waals surface area contributed by atoms with Crippen LogP contribution >= 0.6 is 0 Å². The van der Waals surface area contributed by atoms with Gasteiger partial charge in [0.05, 0.1) is 29.4 Å². The third-order valence-electron chi connectivity index (χ3n) is 5.73. The van der Waals surface area contributed by atoms with Crippen LogP contribution in [0.5, 0.6) is 0 Å². The molecule has 0 N–H and O–H groups in total. The molecule has 0 spiro atoms. The van der Waals surface area contributed by atoms with Crippen LogP contribution in [-0.4, -0.2) is 34.7 Å². The summed E-state index contributed by atoms with van der Waals surface area (Å²) in [5.74, 6) is -1.23. The molecule has 37 heavy (non-hydrogen) atoms. The van der Waals surface area contributed by atoms with Gasteiger partial charge < -0.3 is 4.90 Å². The second-order valence-corrected chi connectivity index (χ2v) is 8.44. The van der Waals surface area contributed by atoms with Gasteiger partial charge in [0.2, 0.25) is 0 Å². The Labute approximate surface area is 217 Å². The molecular formula is C30H29F2N5. The van der Waals surface area contributed by atoms with Crippen LogP contribution < -0.4 is 0 Å². The molecule has 0 aliphatic carbocycles. The molecule has 0 aliphatic rings.